The topological polar surface area (TPSA) is 93.8 Å². The van der Waals surface area contributed by atoms with Gasteiger partial charge in [0.05, 0.1) is 23.1 Å². The summed E-state index contributed by atoms with van der Waals surface area (Å²) in [6, 6.07) is 3.07. The molecule has 35 heavy (non-hydrogen) atoms. The summed E-state index contributed by atoms with van der Waals surface area (Å²) in [5.41, 5.74) is -2.20. The van der Waals surface area contributed by atoms with E-state index >= 15 is 0 Å². The zero-order valence-electron chi connectivity index (χ0n) is 20.1. The summed E-state index contributed by atoms with van der Waals surface area (Å²) in [5.74, 6) is -2.12. The SMILES string of the molecule is C[C@@H]1C[C@@H]2[C@@H]3CCC4=CC(=O)C=C[C@]4(C)[C@@]3(Cl)[C@@H](O)C[C@]2(C)[C@@]1(OC(=O)c1ccco1)C(=O)CCl. The van der Waals surface area contributed by atoms with E-state index in [0.717, 1.165) is 5.57 Å². The molecule has 6 nitrogen and oxygen atoms in total. The molecule has 4 aliphatic rings. The Bertz CT molecular complexity index is 1140. The van der Waals surface area contributed by atoms with E-state index in [2.05, 4.69) is 0 Å². The van der Waals surface area contributed by atoms with Crippen molar-refractivity contribution in [1.82, 2.24) is 0 Å². The number of alkyl halides is 2. The molecule has 4 aliphatic carbocycles. The van der Waals surface area contributed by atoms with E-state index in [1.807, 2.05) is 26.8 Å². The molecule has 0 bridgehead atoms. The summed E-state index contributed by atoms with van der Waals surface area (Å²) in [6.07, 6.45) is 7.44. The number of furan rings is 1. The number of halogens is 2. The van der Waals surface area contributed by atoms with Gasteiger partial charge in [-0.05, 0) is 61.8 Å². The van der Waals surface area contributed by atoms with Gasteiger partial charge in [0.25, 0.3) is 0 Å². The number of Topliss-reactive ketones (excluding diaryl/α,β-unsaturated/α-hetero) is 1. The largest absolute Gasteiger partial charge is 0.457 e. The van der Waals surface area contributed by atoms with E-state index in [1.165, 1.54) is 18.4 Å². The predicted octanol–water partition coefficient (Wildman–Crippen LogP) is 4.87. The van der Waals surface area contributed by atoms with Gasteiger partial charge in [0.1, 0.15) is 0 Å². The van der Waals surface area contributed by atoms with Crippen LogP contribution in [-0.4, -0.2) is 45.1 Å². The lowest BCUT2D eigenvalue weighted by molar-refractivity contribution is -0.177. The first kappa shape index (κ1) is 24.8. The highest BCUT2D eigenvalue weighted by Gasteiger charge is 2.76. The lowest BCUT2D eigenvalue weighted by Gasteiger charge is -2.64. The molecule has 5 rings (SSSR count). The summed E-state index contributed by atoms with van der Waals surface area (Å²) < 4.78 is 11.3. The Hall–Kier alpha value is -1.89. The molecule has 0 aliphatic heterocycles. The first-order chi connectivity index (χ1) is 16.5. The van der Waals surface area contributed by atoms with Crippen molar-refractivity contribution < 1.29 is 28.6 Å². The molecule has 0 saturated heterocycles. The van der Waals surface area contributed by atoms with E-state index in [-0.39, 0.29) is 47.4 Å². The highest BCUT2D eigenvalue weighted by Crippen LogP contribution is 2.72. The summed E-state index contributed by atoms with van der Waals surface area (Å²) in [4.78, 5) is 37.7. The molecule has 8 atom stereocenters. The smallest absolute Gasteiger partial charge is 0.375 e. The first-order valence-corrected chi connectivity index (χ1v) is 13.0. The van der Waals surface area contributed by atoms with Crippen LogP contribution >= 0.6 is 23.2 Å². The molecule has 0 spiro atoms. The van der Waals surface area contributed by atoms with Crippen molar-refractivity contribution in [2.75, 3.05) is 5.88 Å². The molecular formula is C27H30Cl2O6. The number of ether oxygens (including phenoxy) is 1. The van der Waals surface area contributed by atoms with Gasteiger partial charge in [0, 0.05) is 16.7 Å². The van der Waals surface area contributed by atoms with Gasteiger partial charge in [0.2, 0.25) is 5.76 Å². The molecule has 1 heterocycles. The highest BCUT2D eigenvalue weighted by atomic mass is 35.5. The maximum Gasteiger partial charge on any atom is 0.375 e. The fourth-order valence-electron chi connectivity index (χ4n) is 8.09. The number of hydrogen-bond acceptors (Lipinski definition) is 6. The zero-order valence-corrected chi connectivity index (χ0v) is 21.6. The van der Waals surface area contributed by atoms with E-state index < -0.39 is 33.4 Å². The minimum Gasteiger partial charge on any atom is -0.457 e. The van der Waals surface area contributed by atoms with Crippen LogP contribution in [-0.2, 0) is 14.3 Å². The average Bonchev–Trinajstić information content (AvgIpc) is 3.42. The van der Waals surface area contributed by atoms with Gasteiger partial charge >= 0.3 is 5.97 Å². The Morgan fingerprint density at radius 2 is 2.03 bits per heavy atom. The molecule has 0 aromatic carbocycles. The molecule has 1 aromatic rings. The first-order valence-electron chi connectivity index (χ1n) is 12.1. The van der Waals surface area contributed by atoms with Crippen LogP contribution in [0.15, 0.2) is 46.6 Å². The monoisotopic (exact) mass is 520 g/mol. The molecule has 1 aromatic heterocycles. The quantitative estimate of drug-likeness (QED) is 0.449. The normalized spacial score (nSPS) is 44.2. The fraction of sp³-hybridized carbons (Fsp3) is 0.593. The number of fused-ring (bicyclic) bond motifs is 5. The van der Waals surface area contributed by atoms with Gasteiger partial charge in [-0.25, -0.2) is 4.79 Å². The molecule has 188 valence electrons. The third kappa shape index (κ3) is 3.02. The Kier molecular flexibility index (Phi) is 5.71. The maximum absolute atomic E-state index is 13.6. The standard InChI is InChI=1S/C27H30Cl2O6/c1-15-11-19-18-7-6-16-12-17(30)8-9-24(16,2)26(18,29)21(31)13-25(19,3)27(15,22(32)14-28)35-23(33)20-5-4-10-34-20/h4-5,8-10,12,15,18-19,21,31H,6-7,11,13-14H2,1-3H3/t15-,18+,19-,21+,24+,25+,26+,27+/m1/s1. The third-order valence-corrected chi connectivity index (χ3v) is 10.9. The highest BCUT2D eigenvalue weighted by molar-refractivity contribution is 6.29. The molecule has 0 unspecified atom stereocenters. The van der Waals surface area contributed by atoms with Crippen molar-refractivity contribution in [1.29, 1.82) is 0 Å². The average molecular weight is 521 g/mol. The van der Waals surface area contributed by atoms with Crippen molar-refractivity contribution in [3.8, 4) is 0 Å². The van der Waals surface area contributed by atoms with Gasteiger partial charge in [-0.15, -0.1) is 23.2 Å². The summed E-state index contributed by atoms with van der Waals surface area (Å²) in [7, 11) is 0. The van der Waals surface area contributed by atoms with Gasteiger partial charge in [-0.3, -0.25) is 9.59 Å². The van der Waals surface area contributed by atoms with Gasteiger partial charge < -0.3 is 14.3 Å². The second kappa shape index (κ2) is 8.06. The second-order valence-corrected chi connectivity index (χ2v) is 12.0. The third-order valence-electron chi connectivity index (χ3n) is 9.69. The van der Waals surface area contributed by atoms with Crippen molar-refractivity contribution in [3.05, 3.63) is 48.0 Å². The van der Waals surface area contributed by atoms with Crippen LogP contribution in [0.1, 0.15) is 57.0 Å². The van der Waals surface area contributed by atoms with Crippen LogP contribution in [0, 0.1) is 28.6 Å². The summed E-state index contributed by atoms with van der Waals surface area (Å²) in [5, 5.41) is 11.8. The lowest BCUT2D eigenvalue weighted by atomic mass is 9.45. The number of aliphatic hydroxyl groups is 1. The van der Waals surface area contributed by atoms with Crippen LogP contribution in [0.4, 0.5) is 0 Å². The number of ketones is 2. The van der Waals surface area contributed by atoms with Crippen LogP contribution in [0.2, 0.25) is 0 Å². The van der Waals surface area contributed by atoms with Gasteiger partial charge in [-0.1, -0.05) is 32.4 Å². The number of aliphatic hydroxyl groups excluding tert-OH is 1. The van der Waals surface area contributed by atoms with Crippen LogP contribution in [0.25, 0.3) is 0 Å². The Labute approximate surface area is 214 Å². The molecule has 1 N–H and O–H groups in total. The second-order valence-electron chi connectivity index (χ2n) is 11.1. The number of hydrogen-bond donors (Lipinski definition) is 1. The van der Waals surface area contributed by atoms with Crippen molar-refractivity contribution in [3.63, 3.8) is 0 Å². The van der Waals surface area contributed by atoms with Crippen molar-refractivity contribution >= 4 is 40.7 Å². The zero-order chi connectivity index (χ0) is 25.4. The van der Waals surface area contributed by atoms with Gasteiger partial charge in [0.15, 0.2) is 17.2 Å². The lowest BCUT2D eigenvalue weighted by Crippen LogP contribution is -2.69. The van der Waals surface area contributed by atoms with Crippen LogP contribution in [0.5, 0.6) is 0 Å². The van der Waals surface area contributed by atoms with E-state index in [1.54, 1.807) is 12.1 Å². The molecule has 8 heteroatoms. The van der Waals surface area contributed by atoms with Crippen molar-refractivity contribution in [2.24, 2.45) is 28.6 Å². The molecule has 0 radical (unpaired) electrons. The molecule has 3 fully saturated rings. The maximum atomic E-state index is 13.6. The Balaban J connectivity index is 1.61. The van der Waals surface area contributed by atoms with E-state index in [9.17, 15) is 19.5 Å². The number of carbonyl (C=O) groups excluding carboxylic acids is 3. The van der Waals surface area contributed by atoms with Crippen LogP contribution < -0.4 is 0 Å². The fourth-order valence-corrected chi connectivity index (χ4v) is 8.81. The Morgan fingerprint density at radius 1 is 1.29 bits per heavy atom. The minimum atomic E-state index is -1.53. The van der Waals surface area contributed by atoms with Crippen LogP contribution in [0.3, 0.4) is 0 Å². The molecular weight excluding hydrogens is 491 g/mol. The number of carbonyl (C=O) groups is 3. The number of allylic oxidation sites excluding steroid dienone is 4. The summed E-state index contributed by atoms with van der Waals surface area (Å²) >= 11 is 13.6. The molecule has 3 saturated carbocycles. The van der Waals surface area contributed by atoms with E-state index in [0.29, 0.717) is 19.3 Å². The van der Waals surface area contributed by atoms with E-state index in [4.69, 9.17) is 32.4 Å². The number of rotatable bonds is 4. The van der Waals surface area contributed by atoms with Gasteiger partial charge in [-0.2, -0.15) is 0 Å². The van der Waals surface area contributed by atoms with Crippen molar-refractivity contribution in [2.45, 2.75) is 63.0 Å². The molecule has 0 amide bonds. The number of esters is 1. The minimum absolute atomic E-state index is 0.00557. The Morgan fingerprint density at radius 3 is 2.69 bits per heavy atom. The summed E-state index contributed by atoms with van der Waals surface area (Å²) in [6.45, 7) is 5.81. The predicted molar refractivity (Wildman–Crippen MR) is 130 cm³/mol.